The van der Waals surface area contributed by atoms with E-state index in [0.717, 1.165) is 23.4 Å². The van der Waals surface area contributed by atoms with Crippen LogP contribution in [-0.4, -0.2) is 48.8 Å². The molecular formula is C24H24N4O5. The maximum absolute atomic E-state index is 12.6. The molecule has 2 aliphatic rings. The van der Waals surface area contributed by atoms with E-state index in [0.29, 0.717) is 42.7 Å². The van der Waals surface area contributed by atoms with Crippen molar-refractivity contribution in [3.8, 4) is 22.9 Å². The Hall–Kier alpha value is -3.88. The molecule has 0 radical (unpaired) electrons. The highest BCUT2D eigenvalue weighted by Gasteiger charge is 2.35. The molecule has 5 rings (SSSR count). The highest BCUT2D eigenvalue weighted by atomic mass is 16.5. The van der Waals surface area contributed by atoms with Gasteiger partial charge in [-0.1, -0.05) is 12.1 Å². The summed E-state index contributed by atoms with van der Waals surface area (Å²) >= 11 is 0. The van der Waals surface area contributed by atoms with Gasteiger partial charge < -0.3 is 23.8 Å². The number of fused-ring (bicyclic) bond motifs is 1. The van der Waals surface area contributed by atoms with Gasteiger partial charge in [-0.2, -0.15) is 4.98 Å². The van der Waals surface area contributed by atoms with Crippen LogP contribution in [0.25, 0.3) is 11.4 Å². The molecule has 0 N–H and O–H groups in total. The molecule has 1 saturated heterocycles. The average molecular weight is 448 g/mol. The Morgan fingerprint density at radius 2 is 1.94 bits per heavy atom. The predicted octanol–water partition coefficient (Wildman–Crippen LogP) is 3.40. The molecule has 0 unspecified atom stereocenters. The van der Waals surface area contributed by atoms with Gasteiger partial charge in [0, 0.05) is 30.8 Å². The summed E-state index contributed by atoms with van der Waals surface area (Å²) < 4.78 is 16.3. The van der Waals surface area contributed by atoms with Gasteiger partial charge in [-0.15, -0.1) is 0 Å². The van der Waals surface area contributed by atoms with E-state index in [1.54, 1.807) is 16.9 Å². The zero-order chi connectivity index (χ0) is 22.9. The van der Waals surface area contributed by atoms with Gasteiger partial charge in [-0.25, -0.2) is 0 Å². The van der Waals surface area contributed by atoms with Gasteiger partial charge in [0.2, 0.25) is 17.6 Å². The Bertz CT molecular complexity index is 1190. The van der Waals surface area contributed by atoms with E-state index in [1.807, 2.05) is 49.4 Å². The largest absolute Gasteiger partial charge is 0.497 e. The van der Waals surface area contributed by atoms with E-state index < -0.39 is 0 Å². The monoisotopic (exact) mass is 448 g/mol. The molecule has 0 bridgehead atoms. The molecule has 0 saturated carbocycles. The summed E-state index contributed by atoms with van der Waals surface area (Å²) in [6.45, 7) is 3.14. The zero-order valence-electron chi connectivity index (χ0n) is 18.5. The summed E-state index contributed by atoms with van der Waals surface area (Å²) in [6, 6.07) is 12.9. The molecule has 1 aromatic heterocycles. The second-order valence-electron chi connectivity index (χ2n) is 8.08. The van der Waals surface area contributed by atoms with Crippen molar-refractivity contribution >= 4 is 23.2 Å². The molecule has 2 aliphatic heterocycles. The molecule has 33 heavy (non-hydrogen) atoms. The fourth-order valence-corrected chi connectivity index (χ4v) is 4.21. The second-order valence-corrected chi connectivity index (χ2v) is 8.08. The van der Waals surface area contributed by atoms with Crippen LogP contribution < -0.4 is 19.3 Å². The third-order valence-electron chi connectivity index (χ3n) is 5.91. The SMILES string of the molecule is CCCN1C(=O)COc2ccc(-c3noc([C@@H]4CC(=O)N(c5ccc(OC)cc5)C4)n3)cc21. The highest BCUT2D eigenvalue weighted by Crippen LogP contribution is 2.37. The predicted molar refractivity (Wildman–Crippen MR) is 121 cm³/mol. The van der Waals surface area contributed by atoms with Gasteiger partial charge in [0.25, 0.3) is 5.91 Å². The van der Waals surface area contributed by atoms with Crippen molar-refractivity contribution in [3.05, 3.63) is 48.4 Å². The number of methoxy groups -OCH3 is 1. The third-order valence-corrected chi connectivity index (χ3v) is 5.91. The quantitative estimate of drug-likeness (QED) is 0.570. The second kappa shape index (κ2) is 8.57. The number of carbonyl (C=O) groups excluding carboxylic acids is 2. The van der Waals surface area contributed by atoms with Gasteiger partial charge in [0.05, 0.1) is 18.7 Å². The summed E-state index contributed by atoms with van der Waals surface area (Å²) in [6.07, 6.45) is 1.13. The van der Waals surface area contributed by atoms with Gasteiger partial charge in [0.15, 0.2) is 6.61 Å². The molecular weight excluding hydrogens is 424 g/mol. The summed E-state index contributed by atoms with van der Waals surface area (Å²) in [5, 5.41) is 4.14. The minimum atomic E-state index is -0.194. The number of aromatic nitrogens is 2. The standard InChI is InChI=1S/C24H24N4O5/c1-3-10-27-19-11-15(4-9-20(19)32-14-22(27)30)23-25-24(33-26-23)16-12-21(29)28(13-16)17-5-7-18(31-2)8-6-17/h4-9,11,16H,3,10,12-14H2,1-2H3/t16-/m1/s1. The maximum atomic E-state index is 12.6. The first-order chi connectivity index (χ1) is 16.1. The van der Waals surface area contributed by atoms with Crippen LogP contribution in [0.3, 0.4) is 0 Å². The molecule has 2 amide bonds. The Kier molecular flexibility index (Phi) is 5.45. The van der Waals surface area contributed by atoms with E-state index in [4.69, 9.17) is 14.0 Å². The van der Waals surface area contributed by atoms with Crippen molar-refractivity contribution in [2.75, 3.05) is 36.6 Å². The molecule has 0 aliphatic carbocycles. The zero-order valence-corrected chi connectivity index (χ0v) is 18.5. The number of rotatable bonds is 6. The Balaban J connectivity index is 1.36. The number of hydrogen-bond donors (Lipinski definition) is 0. The minimum Gasteiger partial charge on any atom is -0.497 e. The lowest BCUT2D eigenvalue weighted by Gasteiger charge is -2.29. The van der Waals surface area contributed by atoms with Crippen LogP contribution in [0.5, 0.6) is 11.5 Å². The van der Waals surface area contributed by atoms with E-state index in [1.165, 1.54) is 0 Å². The van der Waals surface area contributed by atoms with E-state index in [-0.39, 0.29) is 24.3 Å². The number of carbonyl (C=O) groups is 2. The Labute approximate surface area is 190 Å². The first kappa shape index (κ1) is 21.0. The number of hydrogen-bond acceptors (Lipinski definition) is 7. The topological polar surface area (TPSA) is 98.0 Å². The van der Waals surface area contributed by atoms with Crippen LogP contribution in [-0.2, 0) is 9.59 Å². The van der Waals surface area contributed by atoms with Crippen LogP contribution in [0.4, 0.5) is 11.4 Å². The maximum Gasteiger partial charge on any atom is 0.265 e. The van der Waals surface area contributed by atoms with Gasteiger partial charge in [0.1, 0.15) is 11.5 Å². The molecule has 3 heterocycles. The summed E-state index contributed by atoms with van der Waals surface area (Å²) in [5.74, 6) is 1.97. The molecule has 1 atom stereocenters. The Morgan fingerprint density at radius 1 is 1.12 bits per heavy atom. The van der Waals surface area contributed by atoms with Gasteiger partial charge in [-0.05, 0) is 48.9 Å². The Morgan fingerprint density at radius 3 is 2.70 bits per heavy atom. The molecule has 1 fully saturated rings. The number of amides is 2. The van der Waals surface area contributed by atoms with Crippen LogP contribution in [0.1, 0.15) is 31.6 Å². The number of benzene rings is 2. The molecule has 9 nitrogen and oxygen atoms in total. The van der Waals surface area contributed by atoms with Crippen LogP contribution in [0, 0.1) is 0 Å². The number of ether oxygens (including phenoxy) is 2. The van der Waals surface area contributed by atoms with E-state index >= 15 is 0 Å². The van der Waals surface area contributed by atoms with Crippen molar-refractivity contribution in [1.29, 1.82) is 0 Å². The molecule has 170 valence electrons. The summed E-state index contributed by atoms with van der Waals surface area (Å²) in [5.41, 5.74) is 2.23. The molecule has 0 spiro atoms. The van der Waals surface area contributed by atoms with Crippen LogP contribution in [0.15, 0.2) is 47.0 Å². The van der Waals surface area contributed by atoms with Crippen LogP contribution in [0.2, 0.25) is 0 Å². The van der Waals surface area contributed by atoms with Crippen molar-refractivity contribution in [3.63, 3.8) is 0 Å². The first-order valence-electron chi connectivity index (χ1n) is 10.9. The first-order valence-corrected chi connectivity index (χ1v) is 10.9. The lowest BCUT2D eigenvalue weighted by Crippen LogP contribution is -2.39. The summed E-state index contributed by atoms with van der Waals surface area (Å²) in [7, 11) is 1.61. The van der Waals surface area contributed by atoms with Gasteiger partial charge in [-0.3, -0.25) is 9.59 Å². The third kappa shape index (κ3) is 3.90. The smallest absolute Gasteiger partial charge is 0.265 e. The fraction of sp³-hybridized carbons (Fsp3) is 0.333. The molecule has 2 aromatic carbocycles. The number of nitrogens with zero attached hydrogens (tertiary/aromatic N) is 4. The highest BCUT2D eigenvalue weighted by molar-refractivity contribution is 5.98. The lowest BCUT2D eigenvalue weighted by atomic mass is 10.1. The molecule has 9 heteroatoms. The summed E-state index contributed by atoms with van der Waals surface area (Å²) in [4.78, 5) is 32.9. The van der Waals surface area contributed by atoms with Crippen molar-refractivity contribution in [1.82, 2.24) is 10.1 Å². The fourth-order valence-electron chi connectivity index (χ4n) is 4.21. The normalized spacial score (nSPS) is 17.8. The molecule has 3 aromatic rings. The average Bonchev–Trinajstić information content (AvgIpc) is 3.48. The minimum absolute atomic E-state index is 0.00423. The van der Waals surface area contributed by atoms with Crippen LogP contribution >= 0.6 is 0 Å². The van der Waals surface area contributed by atoms with Crippen molar-refractivity contribution < 1.29 is 23.6 Å². The van der Waals surface area contributed by atoms with Crippen molar-refractivity contribution in [2.45, 2.75) is 25.7 Å². The lowest BCUT2D eigenvalue weighted by molar-refractivity contribution is -0.121. The van der Waals surface area contributed by atoms with Crippen molar-refractivity contribution in [2.24, 2.45) is 0 Å². The van der Waals surface area contributed by atoms with Gasteiger partial charge >= 0.3 is 0 Å². The van der Waals surface area contributed by atoms with E-state index in [2.05, 4.69) is 10.1 Å². The van der Waals surface area contributed by atoms with E-state index in [9.17, 15) is 9.59 Å². The number of anilines is 2.